The van der Waals surface area contributed by atoms with Gasteiger partial charge in [-0.25, -0.2) is 9.78 Å². The molecular weight excluding hydrogens is 396 g/mol. The van der Waals surface area contributed by atoms with Crippen LogP contribution in [-0.4, -0.2) is 69.6 Å². The number of carbonyl (C=O) groups is 2. The minimum atomic E-state index is -0.410. The lowest BCUT2D eigenvalue weighted by molar-refractivity contribution is 0.0599. The lowest BCUT2D eigenvalue weighted by Gasteiger charge is -2.37. The van der Waals surface area contributed by atoms with Crippen molar-refractivity contribution in [2.45, 2.75) is 25.7 Å². The number of amides is 1. The van der Waals surface area contributed by atoms with Gasteiger partial charge in [-0.1, -0.05) is 0 Å². The average Bonchev–Trinajstić information content (AvgIpc) is 3.30. The molecule has 1 amide bonds. The fraction of sp³-hybridized carbons (Fsp3) is 0.409. The van der Waals surface area contributed by atoms with E-state index in [1.807, 2.05) is 9.42 Å². The summed E-state index contributed by atoms with van der Waals surface area (Å²) < 4.78 is 6.56. The number of rotatable bonds is 3. The number of anilines is 1. The van der Waals surface area contributed by atoms with Crippen LogP contribution < -0.4 is 4.90 Å². The highest BCUT2D eigenvalue weighted by Crippen LogP contribution is 2.30. The van der Waals surface area contributed by atoms with E-state index in [2.05, 4.69) is 15.0 Å². The number of aryl methyl sites for hydroxylation is 1. The van der Waals surface area contributed by atoms with Gasteiger partial charge in [0.15, 0.2) is 0 Å². The molecular formula is C22H24N6O3. The molecule has 0 N–H and O–H groups in total. The monoisotopic (exact) mass is 420 g/mol. The Morgan fingerprint density at radius 3 is 2.42 bits per heavy atom. The van der Waals surface area contributed by atoms with Gasteiger partial charge in [0.05, 0.1) is 18.4 Å². The Morgan fingerprint density at radius 2 is 1.68 bits per heavy atom. The quantitative estimate of drug-likeness (QED) is 0.596. The third-order valence-electron chi connectivity index (χ3n) is 6.09. The van der Waals surface area contributed by atoms with Gasteiger partial charge in [0, 0.05) is 37.3 Å². The first-order valence-corrected chi connectivity index (χ1v) is 10.6. The van der Waals surface area contributed by atoms with Crippen LogP contribution in [0.25, 0.3) is 5.78 Å². The number of aromatic nitrogens is 4. The summed E-state index contributed by atoms with van der Waals surface area (Å²) in [6.45, 7) is 2.67. The SMILES string of the molecule is COC(=O)c1ccc(C(=O)N2CCN(c3c4c(nc5ncnn35)CCCC4)CC2)cc1. The van der Waals surface area contributed by atoms with E-state index in [0.29, 0.717) is 30.0 Å². The Balaban J connectivity index is 1.34. The second-order valence-electron chi connectivity index (χ2n) is 7.89. The zero-order valence-electron chi connectivity index (χ0n) is 17.5. The largest absolute Gasteiger partial charge is 0.465 e. The molecule has 1 aliphatic carbocycles. The Morgan fingerprint density at radius 1 is 0.968 bits per heavy atom. The van der Waals surface area contributed by atoms with Crippen LogP contribution in [0.15, 0.2) is 30.6 Å². The lowest BCUT2D eigenvalue weighted by atomic mass is 9.96. The first-order chi connectivity index (χ1) is 15.2. The number of methoxy groups -OCH3 is 1. The van der Waals surface area contributed by atoms with Crippen molar-refractivity contribution in [2.75, 3.05) is 38.2 Å². The molecule has 0 atom stereocenters. The number of hydrogen-bond donors (Lipinski definition) is 0. The summed E-state index contributed by atoms with van der Waals surface area (Å²) in [5.74, 6) is 1.28. The molecule has 5 rings (SSSR count). The van der Waals surface area contributed by atoms with Crippen molar-refractivity contribution in [3.05, 3.63) is 53.0 Å². The van der Waals surface area contributed by atoms with E-state index >= 15 is 0 Å². The number of esters is 1. The van der Waals surface area contributed by atoms with Crippen molar-refractivity contribution in [3.8, 4) is 0 Å². The lowest BCUT2D eigenvalue weighted by Crippen LogP contribution is -2.49. The minimum Gasteiger partial charge on any atom is -0.465 e. The van der Waals surface area contributed by atoms with Crippen LogP contribution in [-0.2, 0) is 17.6 Å². The Bertz CT molecular complexity index is 1130. The molecule has 3 aromatic rings. The molecule has 2 aliphatic rings. The molecule has 0 bridgehead atoms. The molecule has 0 spiro atoms. The smallest absolute Gasteiger partial charge is 0.337 e. The van der Waals surface area contributed by atoms with Crippen molar-refractivity contribution in [1.82, 2.24) is 24.5 Å². The average molecular weight is 420 g/mol. The van der Waals surface area contributed by atoms with Crippen molar-refractivity contribution >= 4 is 23.5 Å². The second kappa shape index (κ2) is 7.98. The molecule has 0 radical (unpaired) electrons. The van der Waals surface area contributed by atoms with Crippen LogP contribution in [0.1, 0.15) is 44.8 Å². The van der Waals surface area contributed by atoms with Gasteiger partial charge in [0.2, 0.25) is 0 Å². The van der Waals surface area contributed by atoms with E-state index in [-0.39, 0.29) is 5.91 Å². The third kappa shape index (κ3) is 3.49. The molecule has 160 valence electrons. The van der Waals surface area contributed by atoms with Crippen molar-refractivity contribution in [3.63, 3.8) is 0 Å². The predicted molar refractivity (Wildman–Crippen MR) is 113 cm³/mol. The van der Waals surface area contributed by atoms with Gasteiger partial charge >= 0.3 is 5.97 Å². The second-order valence-corrected chi connectivity index (χ2v) is 7.89. The van der Waals surface area contributed by atoms with Crippen LogP contribution in [0.5, 0.6) is 0 Å². The van der Waals surface area contributed by atoms with Gasteiger partial charge in [-0.05, 0) is 49.9 Å². The number of nitrogens with zero attached hydrogens (tertiary/aromatic N) is 6. The van der Waals surface area contributed by atoms with E-state index in [0.717, 1.165) is 50.3 Å². The first kappa shape index (κ1) is 19.5. The standard InChI is InChI=1S/C22H24N6O3/c1-31-21(30)16-8-6-15(7-9-16)20(29)27-12-10-26(11-13-27)19-17-4-2-3-5-18(17)25-22-23-14-24-28(19)22/h6-9,14H,2-5,10-13H2,1H3. The van der Waals surface area contributed by atoms with E-state index in [1.54, 1.807) is 30.6 Å². The molecule has 0 unspecified atom stereocenters. The summed E-state index contributed by atoms with van der Waals surface area (Å²) in [6, 6.07) is 6.61. The summed E-state index contributed by atoms with van der Waals surface area (Å²) in [5.41, 5.74) is 3.40. The molecule has 2 aromatic heterocycles. The normalized spacial score (nSPS) is 16.3. The molecule has 9 heteroatoms. The van der Waals surface area contributed by atoms with E-state index in [1.165, 1.54) is 12.7 Å². The summed E-state index contributed by atoms with van der Waals surface area (Å²) in [7, 11) is 1.34. The maximum atomic E-state index is 13.0. The maximum Gasteiger partial charge on any atom is 0.337 e. The zero-order chi connectivity index (χ0) is 21.4. The van der Waals surface area contributed by atoms with Crippen LogP contribution in [0.4, 0.5) is 5.82 Å². The minimum absolute atomic E-state index is 0.0290. The van der Waals surface area contributed by atoms with Crippen LogP contribution in [0.2, 0.25) is 0 Å². The number of fused-ring (bicyclic) bond motifs is 2. The van der Waals surface area contributed by atoms with Crippen LogP contribution in [0, 0.1) is 0 Å². The van der Waals surface area contributed by atoms with Gasteiger partial charge in [0.25, 0.3) is 11.7 Å². The molecule has 9 nitrogen and oxygen atoms in total. The molecule has 1 aromatic carbocycles. The summed E-state index contributed by atoms with van der Waals surface area (Å²) in [6.07, 6.45) is 5.84. The molecule has 31 heavy (non-hydrogen) atoms. The van der Waals surface area contributed by atoms with Gasteiger partial charge in [0.1, 0.15) is 12.1 Å². The molecule has 1 fully saturated rings. The number of carbonyl (C=O) groups excluding carboxylic acids is 2. The van der Waals surface area contributed by atoms with Crippen molar-refractivity contribution in [1.29, 1.82) is 0 Å². The van der Waals surface area contributed by atoms with Crippen LogP contribution in [0.3, 0.4) is 0 Å². The number of piperazine rings is 1. The number of ether oxygens (including phenoxy) is 1. The maximum absolute atomic E-state index is 13.0. The molecule has 1 saturated heterocycles. The topological polar surface area (TPSA) is 92.9 Å². The van der Waals surface area contributed by atoms with Crippen molar-refractivity contribution < 1.29 is 14.3 Å². The fourth-order valence-corrected chi connectivity index (χ4v) is 4.46. The van der Waals surface area contributed by atoms with E-state index in [4.69, 9.17) is 9.72 Å². The summed E-state index contributed by atoms with van der Waals surface area (Å²) in [4.78, 5) is 37.7. The highest BCUT2D eigenvalue weighted by Gasteiger charge is 2.28. The zero-order valence-corrected chi connectivity index (χ0v) is 17.5. The fourth-order valence-electron chi connectivity index (χ4n) is 4.46. The van der Waals surface area contributed by atoms with E-state index in [9.17, 15) is 9.59 Å². The molecule has 0 saturated carbocycles. The van der Waals surface area contributed by atoms with Gasteiger partial charge in [-0.3, -0.25) is 4.79 Å². The van der Waals surface area contributed by atoms with Crippen LogP contribution >= 0.6 is 0 Å². The Hall–Kier alpha value is -3.49. The third-order valence-corrected chi connectivity index (χ3v) is 6.09. The number of benzene rings is 1. The number of hydrogen-bond acceptors (Lipinski definition) is 7. The van der Waals surface area contributed by atoms with Crippen molar-refractivity contribution in [2.24, 2.45) is 0 Å². The van der Waals surface area contributed by atoms with Gasteiger partial charge in [-0.15, -0.1) is 0 Å². The Kier molecular flexibility index (Phi) is 5.01. The summed E-state index contributed by atoms with van der Waals surface area (Å²) >= 11 is 0. The van der Waals surface area contributed by atoms with Gasteiger partial charge in [-0.2, -0.15) is 14.6 Å². The summed E-state index contributed by atoms with van der Waals surface area (Å²) in [5, 5.41) is 4.42. The Labute approximate surface area is 179 Å². The van der Waals surface area contributed by atoms with Gasteiger partial charge < -0.3 is 14.5 Å². The molecule has 3 heterocycles. The highest BCUT2D eigenvalue weighted by molar-refractivity contribution is 5.96. The highest BCUT2D eigenvalue weighted by atomic mass is 16.5. The first-order valence-electron chi connectivity index (χ1n) is 10.6. The van der Waals surface area contributed by atoms with E-state index < -0.39 is 5.97 Å². The predicted octanol–water partition coefficient (Wildman–Crippen LogP) is 1.75. The molecule has 1 aliphatic heterocycles.